The van der Waals surface area contributed by atoms with Gasteiger partial charge in [-0.2, -0.15) is 5.10 Å². The minimum absolute atomic E-state index is 0.0430. The number of aryl methyl sites for hydroxylation is 1. The van der Waals surface area contributed by atoms with E-state index in [0.29, 0.717) is 17.0 Å². The summed E-state index contributed by atoms with van der Waals surface area (Å²) in [5, 5.41) is 14.6. The molecule has 1 aliphatic rings. The van der Waals surface area contributed by atoms with Crippen LogP contribution in [0.1, 0.15) is 47.7 Å². The number of pyridine rings is 1. The van der Waals surface area contributed by atoms with Crippen molar-refractivity contribution in [1.29, 1.82) is 0 Å². The van der Waals surface area contributed by atoms with E-state index in [1.807, 2.05) is 7.05 Å². The van der Waals surface area contributed by atoms with Crippen LogP contribution in [0.15, 0.2) is 6.20 Å². The Morgan fingerprint density at radius 1 is 1.47 bits per heavy atom. The van der Waals surface area contributed by atoms with Gasteiger partial charge in [-0.3, -0.25) is 4.68 Å². The molecule has 1 N–H and O–H groups in total. The number of hydrogen-bond donors (Lipinski definition) is 1. The number of fused-ring (bicyclic) bond motifs is 1. The van der Waals surface area contributed by atoms with Crippen LogP contribution < -0.4 is 0 Å². The van der Waals surface area contributed by atoms with Crippen LogP contribution in [-0.4, -0.2) is 25.8 Å². The van der Waals surface area contributed by atoms with E-state index in [2.05, 4.69) is 10.1 Å². The zero-order valence-corrected chi connectivity index (χ0v) is 11.3. The summed E-state index contributed by atoms with van der Waals surface area (Å²) >= 11 is 6.26. The predicted octanol–water partition coefficient (Wildman–Crippen LogP) is 2.98. The molecule has 1 fully saturated rings. The largest absolute Gasteiger partial charge is 0.478 e. The first-order valence-electron chi connectivity index (χ1n) is 6.34. The summed E-state index contributed by atoms with van der Waals surface area (Å²) in [6.07, 6.45) is 5.84. The molecule has 0 aromatic carbocycles. The Balaban J connectivity index is 2.27. The molecule has 1 aliphatic carbocycles. The SMILES string of the molecule is Cn1nc(C2CCCC2)c2c(Cl)c(C(=O)O)cnc21. The Labute approximate surface area is 115 Å². The molecule has 0 aliphatic heterocycles. The van der Waals surface area contributed by atoms with Crippen LogP contribution in [0.25, 0.3) is 11.0 Å². The third kappa shape index (κ3) is 1.89. The lowest BCUT2D eigenvalue weighted by atomic mass is 10.0. The number of carboxylic acids is 1. The van der Waals surface area contributed by atoms with Crippen LogP contribution in [0, 0.1) is 0 Å². The van der Waals surface area contributed by atoms with Gasteiger partial charge in [0.05, 0.1) is 21.7 Å². The molecular weight excluding hydrogens is 266 g/mol. The van der Waals surface area contributed by atoms with Crippen LogP contribution in [0.2, 0.25) is 5.02 Å². The molecule has 2 aromatic rings. The molecule has 0 unspecified atom stereocenters. The normalized spacial score (nSPS) is 16.3. The highest BCUT2D eigenvalue weighted by Crippen LogP contribution is 2.39. The Hall–Kier alpha value is -1.62. The third-order valence-electron chi connectivity index (χ3n) is 3.79. The number of halogens is 1. The maximum Gasteiger partial charge on any atom is 0.338 e. The van der Waals surface area contributed by atoms with Gasteiger partial charge in [-0.15, -0.1) is 0 Å². The maximum atomic E-state index is 11.2. The van der Waals surface area contributed by atoms with Crippen molar-refractivity contribution < 1.29 is 9.90 Å². The third-order valence-corrected chi connectivity index (χ3v) is 4.18. The first-order chi connectivity index (χ1) is 9.09. The maximum absolute atomic E-state index is 11.2. The lowest BCUT2D eigenvalue weighted by molar-refractivity contribution is 0.0697. The first-order valence-corrected chi connectivity index (χ1v) is 6.71. The quantitative estimate of drug-likeness (QED) is 0.917. The number of rotatable bonds is 2. The second kappa shape index (κ2) is 4.49. The minimum atomic E-state index is -1.05. The van der Waals surface area contributed by atoms with Gasteiger partial charge in [0.15, 0.2) is 5.65 Å². The highest BCUT2D eigenvalue weighted by atomic mass is 35.5. The second-order valence-electron chi connectivity index (χ2n) is 4.98. The molecular formula is C13H14ClN3O2. The van der Waals surface area contributed by atoms with Crippen molar-refractivity contribution in [2.24, 2.45) is 7.05 Å². The van der Waals surface area contributed by atoms with Crippen molar-refractivity contribution in [2.45, 2.75) is 31.6 Å². The van der Waals surface area contributed by atoms with Gasteiger partial charge in [0.25, 0.3) is 0 Å². The van der Waals surface area contributed by atoms with Gasteiger partial charge in [0, 0.05) is 19.2 Å². The molecule has 5 nitrogen and oxygen atoms in total. The fourth-order valence-corrected chi connectivity index (χ4v) is 3.16. The molecule has 2 aromatic heterocycles. The summed E-state index contributed by atoms with van der Waals surface area (Å²) in [5.41, 5.74) is 1.59. The highest BCUT2D eigenvalue weighted by Gasteiger charge is 2.26. The molecule has 1 saturated carbocycles. The van der Waals surface area contributed by atoms with Gasteiger partial charge in [0.2, 0.25) is 0 Å². The summed E-state index contributed by atoms with van der Waals surface area (Å²) in [6, 6.07) is 0. The zero-order valence-electron chi connectivity index (χ0n) is 10.6. The summed E-state index contributed by atoms with van der Waals surface area (Å²) in [5.74, 6) is -0.687. The number of aromatic nitrogens is 3. The molecule has 0 atom stereocenters. The summed E-state index contributed by atoms with van der Waals surface area (Å²) < 4.78 is 1.68. The van der Waals surface area contributed by atoms with E-state index < -0.39 is 5.97 Å². The van der Waals surface area contributed by atoms with Crippen LogP contribution in [0.4, 0.5) is 0 Å². The van der Waals surface area contributed by atoms with Gasteiger partial charge in [0.1, 0.15) is 0 Å². The van der Waals surface area contributed by atoms with Crippen molar-refractivity contribution in [3.8, 4) is 0 Å². The van der Waals surface area contributed by atoms with Gasteiger partial charge in [-0.05, 0) is 12.8 Å². The lowest BCUT2D eigenvalue weighted by Gasteiger charge is -2.07. The van der Waals surface area contributed by atoms with Gasteiger partial charge in [-0.1, -0.05) is 24.4 Å². The van der Waals surface area contributed by atoms with Crippen LogP contribution >= 0.6 is 11.6 Å². The molecule has 6 heteroatoms. The monoisotopic (exact) mass is 279 g/mol. The van der Waals surface area contributed by atoms with E-state index in [1.54, 1.807) is 4.68 Å². The average Bonchev–Trinajstić information content (AvgIpc) is 2.97. The number of carbonyl (C=O) groups is 1. The standard InChI is InChI=1S/C13H14ClN3O2/c1-17-12-9(10(14)8(6-15-12)13(18)19)11(16-17)7-4-2-3-5-7/h6-7H,2-5H2,1H3,(H,18,19). The Bertz CT molecular complexity index is 659. The zero-order chi connectivity index (χ0) is 13.6. The smallest absolute Gasteiger partial charge is 0.338 e. The van der Waals surface area contributed by atoms with E-state index in [0.717, 1.165) is 18.5 Å². The Morgan fingerprint density at radius 2 is 2.16 bits per heavy atom. The summed E-state index contributed by atoms with van der Waals surface area (Å²) in [6.45, 7) is 0. The summed E-state index contributed by atoms with van der Waals surface area (Å²) in [7, 11) is 1.81. The van der Waals surface area contributed by atoms with Crippen LogP contribution in [0.5, 0.6) is 0 Å². The molecule has 19 heavy (non-hydrogen) atoms. The van der Waals surface area contributed by atoms with E-state index >= 15 is 0 Å². The molecule has 0 saturated heterocycles. The van der Waals surface area contributed by atoms with E-state index in [9.17, 15) is 4.79 Å². The molecule has 0 amide bonds. The number of nitrogens with zero attached hydrogens (tertiary/aromatic N) is 3. The van der Waals surface area contributed by atoms with Crippen LogP contribution in [0.3, 0.4) is 0 Å². The van der Waals surface area contributed by atoms with Gasteiger partial charge in [-0.25, -0.2) is 9.78 Å². The van der Waals surface area contributed by atoms with Crippen molar-refractivity contribution in [3.63, 3.8) is 0 Å². The van der Waals surface area contributed by atoms with E-state index in [1.165, 1.54) is 19.0 Å². The number of hydrogen-bond acceptors (Lipinski definition) is 3. The molecule has 2 heterocycles. The fourth-order valence-electron chi connectivity index (χ4n) is 2.85. The van der Waals surface area contributed by atoms with Crippen LogP contribution in [-0.2, 0) is 7.05 Å². The average molecular weight is 280 g/mol. The number of carboxylic acid groups (broad SMARTS) is 1. The van der Waals surface area contributed by atoms with E-state index in [4.69, 9.17) is 16.7 Å². The lowest BCUT2D eigenvalue weighted by Crippen LogP contribution is -2.00. The minimum Gasteiger partial charge on any atom is -0.478 e. The predicted molar refractivity (Wildman–Crippen MR) is 71.7 cm³/mol. The molecule has 0 radical (unpaired) electrons. The Morgan fingerprint density at radius 3 is 2.79 bits per heavy atom. The van der Waals surface area contributed by atoms with Crippen molar-refractivity contribution >= 4 is 28.6 Å². The molecule has 0 spiro atoms. The fraction of sp³-hybridized carbons (Fsp3) is 0.462. The number of aromatic carboxylic acids is 1. The van der Waals surface area contributed by atoms with Gasteiger partial charge >= 0.3 is 5.97 Å². The van der Waals surface area contributed by atoms with Crippen molar-refractivity contribution in [1.82, 2.24) is 14.8 Å². The summed E-state index contributed by atoms with van der Waals surface area (Å²) in [4.78, 5) is 15.3. The molecule has 100 valence electrons. The molecule has 0 bridgehead atoms. The topological polar surface area (TPSA) is 68.0 Å². The van der Waals surface area contributed by atoms with Crippen molar-refractivity contribution in [3.05, 3.63) is 22.5 Å². The van der Waals surface area contributed by atoms with Gasteiger partial charge < -0.3 is 5.11 Å². The highest BCUT2D eigenvalue weighted by molar-refractivity contribution is 6.38. The van der Waals surface area contributed by atoms with Crippen molar-refractivity contribution in [2.75, 3.05) is 0 Å². The molecule has 3 rings (SSSR count). The van der Waals surface area contributed by atoms with E-state index in [-0.39, 0.29) is 10.6 Å². The second-order valence-corrected chi connectivity index (χ2v) is 5.36. The first kappa shape index (κ1) is 12.4. The Kier molecular flexibility index (Phi) is 2.93.